The molecule has 0 radical (unpaired) electrons. The first-order valence-electron chi connectivity index (χ1n) is 8.03. The minimum atomic E-state index is 0.0885. The molecule has 1 N–H and O–H groups in total. The fraction of sp³-hybridized carbons (Fsp3) is 0.938. The van der Waals surface area contributed by atoms with Crippen molar-refractivity contribution in [1.29, 1.82) is 0 Å². The molecule has 1 unspecified atom stereocenters. The average molecular weight is 266 g/mol. The Kier molecular flexibility index (Phi) is 4.88. The molecule has 2 rings (SSSR count). The van der Waals surface area contributed by atoms with Crippen LogP contribution in [0.15, 0.2) is 0 Å². The van der Waals surface area contributed by atoms with Gasteiger partial charge < -0.3 is 10.2 Å². The number of hydrogen-bond donors (Lipinski definition) is 1. The predicted octanol–water partition coefficient (Wildman–Crippen LogP) is 2.80. The molecule has 1 saturated heterocycles. The lowest BCUT2D eigenvalue weighted by Crippen LogP contribution is -2.48. The highest BCUT2D eigenvalue weighted by Crippen LogP contribution is 2.32. The van der Waals surface area contributed by atoms with Gasteiger partial charge in [0.25, 0.3) is 0 Å². The molecule has 3 heteroatoms. The molecular weight excluding hydrogens is 236 g/mol. The van der Waals surface area contributed by atoms with Crippen LogP contribution in [-0.4, -0.2) is 36.5 Å². The third-order valence-corrected chi connectivity index (χ3v) is 5.35. The van der Waals surface area contributed by atoms with Crippen molar-refractivity contribution in [3.63, 3.8) is 0 Å². The Morgan fingerprint density at radius 1 is 1.32 bits per heavy atom. The van der Waals surface area contributed by atoms with Crippen molar-refractivity contribution in [2.75, 3.05) is 20.1 Å². The summed E-state index contributed by atoms with van der Waals surface area (Å²) in [5.74, 6) is 1.78. The first-order chi connectivity index (χ1) is 9.06. The molecule has 3 nitrogen and oxygen atoms in total. The van der Waals surface area contributed by atoms with E-state index < -0.39 is 0 Å². The number of carbonyl (C=O) groups is 1. The number of nitrogens with one attached hydrogen (secondary N) is 1. The number of likely N-dealkylation sites (tertiary alicyclic amines) is 1. The monoisotopic (exact) mass is 266 g/mol. The quantitative estimate of drug-likeness (QED) is 0.848. The van der Waals surface area contributed by atoms with Crippen molar-refractivity contribution in [1.82, 2.24) is 10.2 Å². The second-order valence-electron chi connectivity index (χ2n) is 6.90. The molecule has 1 aliphatic carbocycles. The summed E-state index contributed by atoms with van der Waals surface area (Å²) in [7, 11) is 2.03. The zero-order valence-electron chi connectivity index (χ0n) is 12.9. The maximum Gasteiger partial charge on any atom is 0.224 e. The molecule has 1 heterocycles. The first kappa shape index (κ1) is 14.8. The van der Waals surface area contributed by atoms with E-state index in [4.69, 9.17) is 0 Å². The van der Waals surface area contributed by atoms with E-state index in [0.717, 1.165) is 25.9 Å². The fourth-order valence-corrected chi connectivity index (χ4v) is 3.70. The molecule has 110 valence electrons. The van der Waals surface area contributed by atoms with Crippen LogP contribution in [0.1, 0.15) is 58.8 Å². The summed E-state index contributed by atoms with van der Waals surface area (Å²) in [4.78, 5) is 14.6. The molecule has 1 atom stereocenters. The van der Waals surface area contributed by atoms with E-state index in [1.807, 2.05) is 7.05 Å². The lowest BCUT2D eigenvalue weighted by molar-refractivity contribution is -0.132. The number of carbonyl (C=O) groups excluding carboxylic acids is 1. The van der Waals surface area contributed by atoms with Crippen LogP contribution in [0.25, 0.3) is 0 Å². The minimum Gasteiger partial charge on any atom is -0.342 e. The summed E-state index contributed by atoms with van der Waals surface area (Å²) < 4.78 is 0. The summed E-state index contributed by atoms with van der Waals surface area (Å²) in [6.07, 6.45) is 8.08. The van der Waals surface area contributed by atoms with Crippen molar-refractivity contribution < 1.29 is 4.79 Å². The summed E-state index contributed by atoms with van der Waals surface area (Å²) >= 11 is 0. The second kappa shape index (κ2) is 6.25. The van der Waals surface area contributed by atoms with Crippen molar-refractivity contribution in [3.8, 4) is 0 Å². The lowest BCUT2D eigenvalue weighted by atomic mass is 9.79. The molecule has 0 aromatic rings. The van der Waals surface area contributed by atoms with Crippen LogP contribution in [0.5, 0.6) is 0 Å². The average Bonchev–Trinajstić information content (AvgIpc) is 2.89. The van der Waals surface area contributed by atoms with Crippen LogP contribution < -0.4 is 5.32 Å². The summed E-state index contributed by atoms with van der Waals surface area (Å²) in [6.45, 7) is 6.50. The summed E-state index contributed by atoms with van der Waals surface area (Å²) in [5.41, 5.74) is 0.0885. The van der Waals surface area contributed by atoms with E-state index in [1.54, 1.807) is 0 Å². The van der Waals surface area contributed by atoms with Crippen LogP contribution in [0.2, 0.25) is 0 Å². The number of nitrogens with zero attached hydrogens (tertiary/aromatic N) is 1. The third kappa shape index (κ3) is 3.50. The Balaban J connectivity index is 1.90. The minimum absolute atomic E-state index is 0.0885. The molecule has 0 aromatic heterocycles. The lowest BCUT2D eigenvalue weighted by Gasteiger charge is -2.37. The van der Waals surface area contributed by atoms with E-state index in [2.05, 4.69) is 24.1 Å². The Morgan fingerprint density at radius 2 is 2.00 bits per heavy atom. The maximum atomic E-state index is 12.5. The van der Waals surface area contributed by atoms with Crippen LogP contribution in [-0.2, 0) is 4.79 Å². The number of amides is 1. The van der Waals surface area contributed by atoms with Gasteiger partial charge in [-0.3, -0.25) is 4.79 Å². The second-order valence-corrected chi connectivity index (χ2v) is 6.90. The van der Waals surface area contributed by atoms with Gasteiger partial charge in [0.15, 0.2) is 0 Å². The third-order valence-electron chi connectivity index (χ3n) is 5.35. The van der Waals surface area contributed by atoms with Gasteiger partial charge in [-0.15, -0.1) is 0 Å². The fourth-order valence-electron chi connectivity index (χ4n) is 3.70. The highest BCUT2D eigenvalue weighted by Gasteiger charge is 2.36. The Bertz CT molecular complexity index is 308. The first-order valence-corrected chi connectivity index (χ1v) is 8.03. The molecule has 0 bridgehead atoms. The van der Waals surface area contributed by atoms with E-state index in [-0.39, 0.29) is 5.54 Å². The predicted molar refractivity (Wildman–Crippen MR) is 79.0 cm³/mol. The SMILES string of the molecule is CNC1(CC(=O)N2CCC(C(C)C)C2)CCCCC1. The number of rotatable bonds is 4. The molecule has 1 saturated carbocycles. The van der Waals surface area contributed by atoms with Crippen molar-refractivity contribution in [2.24, 2.45) is 11.8 Å². The Hall–Kier alpha value is -0.570. The molecule has 2 fully saturated rings. The van der Waals surface area contributed by atoms with Gasteiger partial charge in [-0.05, 0) is 38.1 Å². The van der Waals surface area contributed by atoms with Gasteiger partial charge >= 0.3 is 0 Å². The van der Waals surface area contributed by atoms with Crippen molar-refractivity contribution in [3.05, 3.63) is 0 Å². The molecule has 19 heavy (non-hydrogen) atoms. The van der Waals surface area contributed by atoms with Gasteiger partial charge in [-0.1, -0.05) is 33.1 Å². The largest absolute Gasteiger partial charge is 0.342 e. The zero-order valence-corrected chi connectivity index (χ0v) is 12.9. The zero-order chi connectivity index (χ0) is 13.9. The van der Waals surface area contributed by atoms with Gasteiger partial charge in [-0.25, -0.2) is 0 Å². The Labute approximate surface area is 118 Å². The van der Waals surface area contributed by atoms with Gasteiger partial charge in [0.1, 0.15) is 0 Å². The van der Waals surface area contributed by atoms with Crippen LogP contribution in [0.4, 0.5) is 0 Å². The summed E-state index contributed by atoms with van der Waals surface area (Å²) in [5, 5.41) is 3.46. The molecular formula is C16H30N2O. The molecule has 0 aromatic carbocycles. The van der Waals surface area contributed by atoms with Crippen LogP contribution in [0.3, 0.4) is 0 Å². The van der Waals surface area contributed by atoms with Crippen molar-refractivity contribution >= 4 is 5.91 Å². The molecule has 0 spiro atoms. The normalized spacial score (nSPS) is 26.9. The van der Waals surface area contributed by atoms with Gasteiger partial charge in [0.05, 0.1) is 0 Å². The standard InChI is InChI=1S/C16H30N2O/c1-13(2)14-7-10-18(12-14)15(19)11-16(17-3)8-5-4-6-9-16/h13-14,17H,4-12H2,1-3H3. The van der Waals surface area contributed by atoms with Gasteiger partial charge in [0, 0.05) is 25.0 Å². The highest BCUT2D eigenvalue weighted by atomic mass is 16.2. The van der Waals surface area contributed by atoms with Crippen molar-refractivity contribution in [2.45, 2.75) is 64.3 Å². The number of hydrogen-bond acceptors (Lipinski definition) is 2. The molecule has 1 aliphatic heterocycles. The van der Waals surface area contributed by atoms with Crippen LogP contribution >= 0.6 is 0 Å². The van der Waals surface area contributed by atoms with E-state index in [0.29, 0.717) is 24.2 Å². The van der Waals surface area contributed by atoms with Gasteiger partial charge in [-0.2, -0.15) is 0 Å². The van der Waals surface area contributed by atoms with E-state index >= 15 is 0 Å². The Morgan fingerprint density at radius 3 is 2.53 bits per heavy atom. The molecule has 2 aliphatic rings. The smallest absolute Gasteiger partial charge is 0.224 e. The van der Waals surface area contributed by atoms with E-state index in [1.165, 1.54) is 25.7 Å². The maximum absolute atomic E-state index is 12.5. The van der Waals surface area contributed by atoms with E-state index in [9.17, 15) is 4.79 Å². The van der Waals surface area contributed by atoms with Crippen LogP contribution in [0, 0.1) is 11.8 Å². The molecule has 1 amide bonds. The highest BCUT2D eigenvalue weighted by molar-refractivity contribution is 5.77. The summed E-state index contributed by atoms with van der Waals surface area (Å²) in [6, 6.07) is 0. The van der Waals surface area contributed by atoms with Gasteiger partial charge in [0.2, 0.25) is 5.91 Å². The topological polar surface area (TPSA) is 32.3 Å².